The van der Waals surface area contributed by atoms with Crippen LogP contribution in [0.3, 0.4) is 0 Å². The van der Waals surface area contributed by atoms with Crippen LogP contribution in [0.4, 0.5) is 0 Å². The fourth-order valence-corrected chi connectivity index (χ4v) is 2.73. The average molecular weight is 263 g/mol. The van der Waals surface area contributed by atoms with E-state index >= 15 is 0 Å². The Morgan fingerprint density at radius 1 is 1.44 bits per heavy atom. The van der Waals surface area contributed by atoms with Gasteiger partial charge in [-0.1, -0.05) is 6.08 Å². The highest BCUT2D eigenvalue weighted by atomic mass is 32.1. The lowest BCUT2D eigenvalue weighted by atomic mass is 10.0. The van der Waals surface area contributed by atoms with Crippen molar-refractivity contribution in [3.63, 3.8) is 0 Å². The first-order chi connectivity index (χ1) is 8.56. The molecule has 1 heterocycles. The number of carbonyl (C=O) groups is 1. The molecule has 3 nitrogen and oxygen atoms in total. The largest absolute Gasteiger partial charge is 0.512 e. The lowest BCUT2D eigenvalue weighted by Gasteiger charge is -2.08. The van der Waals surface area contributed by atoms with Crippen LogP contribution in [-0.2, 0) is 0 Å². The number of nitrogens with one attached hydrogen (secondary N) is 1. The zero-order valence-electron chi connectivity index (χ0n) is 10.6. The number of hydrogen-bond donors (Lipinski definition) is 2. The summed E-state index contributed by atoms with van der Waals surface area (Å²) < 4.78 is 0. The first kappa shape index (κ1) is 12.9. The molecule has 1 aromatic heterocycles. The van der Waals surface area contributed by atoms with E-state index in [1.807, 2.05) is 26.0 Å². The summed E-state index contributed by atoms with van der Waals surface area (Å²) in [5, 5.41) is 12.4. The Morgan fingerprint density at radius 2 is 2.22 bits per heavy atom. The van der Waals surface area contributed by atoms with Crippen LogP contribution in [0.15, 0.2) is 30.0 Å². The zero-order valence-corrected chi connectivity index (χ0v) is 11.4. The molecule has 0 bridgehead atoms. The minimum Gasteiger partial charge on any atom is -0.512 e. The van der Waals surface area contributed by atoms with Gasteiger partial charge in [-0.25, -0.2) is 0 Å². The Kier molecular flexibility index (Phi) is 3.87. The molecule has 4 heteroatoms. The van der Waals surface area contributed by atoms with Crippen LogP contribution in [0.5, 0.6) is 0 Å². The Bertz CT molecular complexity index is 512. The van der Waals surface area contributed by atoms with E-state index in [1.54, 1.807) is 6.08 Å². The minimum absolute atomic E-state index is 0.0362. The van der Waals surface area contributed by atoms with Gasteiger partial charge < -0.3 is 10.4 Å². The van der Waals surface area contributed by atoms with Crippen LogP contribution in [0, 0.1) is 0 Å². The van der Waals surface area contributed by atoms with Crippen molar-refractivity contribution in [1.29, 1.82) is 0 Å². The normalized spacial score (nSPS) is 15.3. The molecule has 96 valence electrons. The molecule has 1 aliphatic carbocycles. The monoisotopic (exact) mass is 263 g/mol. The zero-order chi connectivity index (χ0) is 13.1. The molecule has 1 amide bonds. The van der Waals surface area contributed by atoms with Crippen molar-refractivity contribution in [2.45, 2.75) is 32.7 Å². The molecule has 0 unspecified atom stereocenters. The Morgan fingerprint density at radius 3 is 2.89 bits per heavy atom. The fourth-order valence-electron chi connectivity index (χ4n) is 1.81. The van der Waals surface area contributed by atoms with Crippen LogP contribution >= 0.6 is 11.3 Å². The summed E-state index contributed by atoms with van der Waals surface area (Å²) in [6.45, 7) is 3.88. The standard InChI is InChI=1S/C14H17NO2S/c1-9(2)15-14(17)13-7-6-12(18-13)10-4-3-5-11(16)8-10/h4,6-9,16H,3,5H2,1-2H3,(H,15,17). The van der Waals surface area contributed by atoms with E-state index < -0.39 is 0 Å². The maximum absolute atomic E-state index is 11.8. The SMILES string of the molecule is CC(C)NC(=O)c1ccc(C2=CCCC(O)=C2)s1. The van der Waals surface area contributed by atoms with Crippen molar-refractivity contribution < 1.29 is 9.90 Å². The summed E-state index contributed by atoms with van der Waals surface area (Å²) in [4.78, 5) is 13.6. The molecule has 1 aliphatic rings. The molecule has 0 radical (unpaired) electrons. The lowest BCUT2D eigenvalue weighted by Crippen LogP contribution is -2.29. The summed E-state index contributed by atoms with van der Waals surface area (Å²) in [7, 11) is 0. The smallest absolute Gasteiger partial charge is 0.261 e. The summed E-state index contributed by atoms with van der Waals surface area (Å²) in [5.41, 5.74) is 1.01. The second kappa shape index (κ2) is 5.40. The Labute approximate surface area is 111 Å². The predicted octanol–water partition coefficient (Wildman–Crippen LogP) is 3.51. The van der Waals surface area contributed by atoms with Crippen molar-refractivity contribution in [3.05, 3.63) is 39.8 Å². The number of aliphatic hydroxyl groups is 1. The highest BCUT2D eigenvalue weighted by Crippen LogP contribution is 2.29. The predicted molar refractivity (Wildman–Crippen MR) is 74.8 cm³/mol. The van der Waals surface area contributed by atoms with E-state index in [9.17, 15) is 9.90 Å². The second-order valence-corrected chi connectivity index (χ2v) is 5.71. The third-order valence-electron chi connectivity index (χ3n) is 2.62. The van der Waals surface area contributed by atoms with Gasteiger partial charge in [0.05, 0.1) is 10.6 Å². The number of allylic oxidation sites excluding steroid dienone is 4. The minimum atomic E-state index is -0.0362. The first-order valence-corrected chi connectivity index (χ1v) is 6.88. The number of amides is 1. The summed E-state index contributed by atoms with van der Waals surface area (Å²) in [6.07, 6.45) is 5.42. The summed E-state index contributed by atoms with van der Waals surface area (Å²) in [5.74, 6) is 0.375. The van der Waals surface area contributed by atoms with Crippen LogP contribution < -0.4 is 5.32 Å². The molecule has 0 atom stereocenters. The maximum atomic E-state index is 11.8. The molecule has 0 saturated carbocycles. The first-order valence-electron chi connectivity index (χ1n) is 6.07. The van der Waals surface area contributed by atoms with Crippen molar-refractivity contribution in [2.24, 2.45) is 0 Å². The van der Waals surface area contributed by atoms with Crippen LogP contribution in [-0.4, -0.2) is 17.1 Å². The van der Waals surface area contributed by atoms with Gasteiger partial charge in [0.1, 0.15) is 0 Å². The molecule has 0 spiro atoms. The molecule has 0 aliphatic heterocycles. The van der Waals surface area contributed by atoms with E-state index in [-0.39, 0.29) is 11.9 Å². The van der Waals surface area contributed by atoms with Gasteiger partial charge in [0, 0.05) is 17.3 Å². The molecule has 2 rings (SSSR count). The van der Waals surface area contributed by atoms with Crippen molar-refractivity contribution in [3.8, 4) is 0 Å². The molecule has 18 heavy (non-hydrogen) atoms. The molecule has 1 aromatic rings. The molecular formula is C14H17NO2S. The van der Waals surface area contributed by atoms with Crippen LogP contribution in [0.2, 0.25) is 0 Å². The molecular weight excluding hydrogens is 246 g/mol. The fraction of sp³-hybridized carbons (Fsp3) is 0.357. The number of carbonyl (C=O) groups excluding carboxylic acids is 1. The molecule has 0 aromatic carbocycles. The van der Waals surface area contributed by atoms with Crippen molar-refractivity contribution >= 4 is 22.8 Å². The summed E-state index contributed by atoms with van der Waals surface area (Å²) >= 11 is 1.46. The number of hydrogen-bond acceptors (Lipinski definition) is 3. The van der Waals surface area contributed by atoms with E-state index in [2.05, 4.69) is 11.4 Å². The van der Waals surface area contributed by atoms with Gasteiger partial charge in [0.15, 0.2) is 0 Å². The van der Waals surface area contributed by atoms with E-state index in [1.165, 1.54) is 11.3 Å². The lowest BCUT2D eigenvalue weighted by molar-refractivity contribution is 0.0947. The van der Waals surface area contributed by atoms with Gasteiger partial charge in [-0.3, -0.25) is 4.79 Å². The van der Waals surface area contributed by atoms with E-state index in [4.69, 9.17) is 0 Å². The number of rotatable bonds is 3. The topological polar surface area (TPSA) is 49.3 Å². The van der Waals surface area contributed by atoms with Crippen LogP contribution in [0.25, 0.3) is 5.57 Å². The number of aliphatic hydroxyl groups excluding tert-OH is 1. The van der Waals surface area contributed by atoms with Gasteiger partial charge in [-0.05, 0) is 44.1 Å². The van der Waals surface area contributed by atoms with Crippen LogP contribution in [0.1, 0.15) is 41.2 Å². The summed E-state index contributed by atoms with van der Waals surface area (Å²) in [6, 6.07) is 3.90. The van der Waals surface area contributed by atoms with Gasteiger partial charge in [0.2, 0.25) is 0 Å². The van der Waals surface area contributed by atoms with Gasteiger partial charge in [0.25, 0.3) is 5.91 Å². The van der Waals surface area contributed by atoms with E-state index in [0.29, 0.717) is 17.1 Å². The van der Waals surface area contributed by atoms with Crippen molar-refractivity contribution in [1.82, 2.24) is 5.32 Å². The Hall–Kier alpha value is -1.55. The highest BCUT2D eigenvalue weighted by molar-refractivity contribution is 7.15. The number of thiophene rings is 1. The molecule has 2 N–H and O–H groups in total. The molecule has 0 saturated heterocycles. The van der Waals surface area contributed by atoms with Gasteiger partial charge >= 0.3 is 0 Å². The third-order valence-corrected chi connectivity index (χ3v) is 3.75. The highest BCUT2D eigenvalue weighted by Gasteiger charge is 2.13. The average Bonchev–Trinajstić information content (AvgIpc) is 2.77. The van der Waals surface area contributed by atoms with Gasteiger partial charge in [-0.2, -0.15) is 0 Å². The van der Waals surface area contributed by atoms with Gasteiger partial charge in [-0.15, -0.1) is 11.3 Å². The third kappa shape index (κ3) is 3.01. The maximum Gasteiger partial charge on any atom is 0.261 e. The quantitative estimate of drug-likeness (QED) is 0.876. The van der Waals surface area contributed by atoms with Crippen molar-refractivity contribution in [2.75, 3.05) is 0 Å². The van der Waals surface area contributed by atoms with E-state index in [0.717, 1.165) is 16.9 Å². The second-order valence-electron chi connectivity index (χ2n) is 4.63. The Balaban J connectivity index is 2.16. The molecule has 0 fully saturated rings.